The van der Waals surface area contributed by atoms with Crippen molar-refractivity contribution in [3.8, 4) is 11.4 Å². The number of rotatable bonds is 7. The van der Waals surface area contributed by atoms with Crippen molar-refractivity contribution in [2.45, 2.75) is 6.04 Å². The highest BCUT2D eigenvalue weighted by Crippen LogP contribution is 2.24. The Morgan fingerprint density at radius 3 is 2.50 bits per heavy atom. The van der Waals surface area contributed by atoms with Gasteiger partial charge in [-0.3, -0.25) is 9.69 Å². The van der Waals surface area contributed by atoms with Crippen molar-refractivity contribution in [2.75, 3.05) is 40.0 Å². The molecule has 1 aromatic heterocycles. The Morgan fingerprint density at radius 2 is 1.80 bits per heavy atom. The van der Waals surface area contributed by atoms with Gasteiger partial charge in [0.25, 0.3) is 5.91 Å². The van der Waals surface area contributed by atoms with Crippen LogP contribution in [0.2, 0.25) is 0 Å². The lowest BCUT2D eigenvalue weighted by Gasteiger charge is -2.35. The fourth-order valence-electron chi connectivity index (χ4n) is 3.78. The van der Waals surface area contributed by atoms with Crippen molar-refractivity contribution < 1.29 is 14.3 Å². The topological polar surface area (TPSA) is 55.7 Å². The molecule has 4 rings (SSSR count). The number of amides is 1. The Bertz CT molecular complexity index is 948. The molecule has 0 bridgehead atoms. The summed E-state index contributed by atoms with van der Waals surface area (Å²) < 4.78 is 12.8. The summed E-state index contributed by atoms with van der Waals surface area (Å²) in [7, 11) is 1.66. The predicted octanol–water partition coefficient (Wildman–Crippen LogP) is 3.29. The van der Waals surface area contributed by atoms with Crippen molar-refractivity contribution in [1.29, 1.82) is 0 Å². The maximum absolute atomic E-state index is 12.9. The average molecular weight is 405 g/mol. The molecule has 156 valence electrons. The molecule has 1 amide bonds. The Labute approximate surface area is 177 Å². The highest BCUT2D eigenvalue weighted by atomic mass is 16.5. The zero-order valence-corrected chi connectivity index (χ0v) is 17.2. The van der Waals surface area contributed by atoms with Crippen LogP contribution in [-0.2, 0) is 4.74 Å². The Morgan fingerprint density at radius 1 is 1.07 bits per heavy atom. The summed E-state index contributed by atoms with van der Waals surface area (Å²) in [4.78, 5) is 15.3. The molecule has 1 aliphatic heterocycles. The molecule has 0 unspecified atom stereocenters. The molecule has 6 heteroatoms. The van der Waals surface area contributed by atoms with E-state index in [-0.39, 0.29) is 11.9 Å². The third-order valence-electron chi connectivity index (χ3n) is 5.45. The number of carbonyl (C=O) groups is 1. The number of morpholine rings is 1. The lowest BCUT2D eigenvalue weighted by Crippen LogP contribution is -2.43. The Balaban J connectivity index is 1.48. The van der Waals surface area contributed by atoms with E-state index in [2.05, 4.69) is 22.3 Å². The van der Waals surface area contributed by atoms with Gasteiger partial charge in [-0.25, -0.2) is 0 Å². The van der Waals surface area contributed by atoms with E-state index in [9.17, 15) is 4.79 Å². The van der Waals surface area contributed by atoms with Crippen LogP contribution in [0.15, 0.2) is 73.1 Å². The lowest BCUT2D eigenvalue weighted by molar-refractivity contribution is 0.0162. The van der Waals surface area contributed by atoms with E-state index in [4.69, 9.17) is 9.47 Å². The van der Waals surface area contributed by atoms with Crippen LogP contribution >= 0.6 is 0 Å². The molecule has 1 atom stereocenters. The van der Waals surface area contributed by atoms with Crippen molar-refractivity contribution >= 4 is 5.91 Å². The summed E-state index contributed by atoms with van der Waals surface area (Å²) in [6.45, 7) is 3.63. The molecule has 1 fully saturated rings. The quantitative estimate of drug-likeness (QED) is 0.655. The minimum absolute atomic E-state index is 0.0734. The zero-order chi connectivity index (χ0) is 20.8. The second-order valence-corrected chi connectivity index (χ2v) is 7.29. The maximum Gasteiger partial charge on any atom is 0.251 e. The van der Waals surface area contributed by atoms with Gasteiger partial charge in [-0.05, 0) is 48.0 Å². The number of aromatic nitrogens is 1. The van der Waals surface area contributed by atoms with Crippen molar-refractivity contribution in [3.63, 3.8) is 0 Å². The van der Waals surface area contributed by atoms with E-state index >= 15 is 0 Å². The monoisotopic (exact) mass is 405 g/mol. The first-order chi connectivity index (χ1) is 14.7. The van der Waals surface area contributed by atoms with E-state index in [1.165, 1.54) is 0 Å². The summed E-state index contributed by atoms with van der Waals surface area (Å²) >= 11 is 0. The predicted molar refractivity (Wildman–Crippen MR) is 116 cm³/mol. The third kappa shape index (κ3) is 4.72. The molecule has 30 heavy (non-hydrogen) atoms. The molecule has 3 aromatic rings. The second kappa shape index (κ2) is 9.61. The molecule has 1 saturated heterocycles. The third-order valence-corrected chi connectivity index (χ3v) is 5.45. The molecule has 1 aliphatic rings. The highest BCUT2D eigenvalue weighted by molar-refractivity contribution is 5.94. The average Bonchev–Trinajstić information content (AvgIpc) is 3.35. The number of hydrogen-bond acceptors (Lipinski definition) is 4. The fourth-order valence-corrected chi connectivity index (χ4v) is 3.78. The molecule has 1 N–H and O–H groups in total. The van der Waals surface area contributed by atoms with E-state index in [1.54, 1.807) is 7.11 Å². The molecule has 0 aliphatic carbocycles. The SMILES string of the molecule is COc1ccc([C@@H](CNC(=O)c2cccc(-n3cccc3)c2)N2CCOCC2)cc1. The van der Waals surface area contributed by atoms with Crippen LogP contribution in [0.3, 0.4) is 0 Å². The Hall–Kier alpha value is -3.09. The van der Waals surface area contributed by atoms with Crippen LogP contribution in [0.4, 0.5) is 0 Å². The minimum Gasteiger partial charge on any atom is -0.497 e. The van der Waals surface area contributed by atoms with Gasteiger partial charge >= 0.3 is 0 Å². The van der Waals surface area contributed by atoms with Crippen LogP contribution < -0.4 is 10.1 Å². The van der Waals surface area contributed by atoms with Crippen LogP contribution in [0.25, 0.3) is 5.69 Å². The van der Waals surface area contributed by atoms with Gasteiger partial charge in [0.15, 0.2) is 0 Å². The molecular weight excluding hydrogens is 378 g/mol. The summed E-state index contributed by atoms with van der Waals surface area (Å²) in [6.07, 6.45) is 3.93. The number of carbonyl (C=O) groups excluding carboxylic acids is 1. The number of methoxy groups -OCH3 is 1. The molecule has 2 heterocycles. The highest BCUT2D eigenvalue weighted by Gasteiger charge is 2.23. The largest absolute Gasteiger partial charge is 0.497 e. The van der Waals surface area contributed by atoms with Crippen LogP contribution in [0.5, 0.6) is 5.75 Å². The maximum atomic E-state index is 12.9. The van der Waals surface area contributed by atoms with E-state index in [0.717, 1.165) is 30.1 Å². The van der Waals surface area contributed by atoms with Crippen LogP contribution in [0.1, 0.15) is 22.0 Å². The Kier molecular flexibility index (Phi) is 6.47. The first kappa shape index (κ1) is 20.2. The number of ether oxygens (including phenoxy) is 2. The smallest absolute Gasteiger partial charge is 0.251 e. The molecule has 2 aromatic carbocycles. The zero-order valence-electron chi connectivity index (χ0n) is 17.2. The normalized spacial score (nSPS) is 15.5. The van der Waals surface area contributed by atoms with Gasteiger partial charge in [0.1, 0.15) is 5.75 Å². The van der Waals surface area contributed by atoms with E-state index in [1.807, 2.05) is 65.5 Å². The number of hydrogen-bond donors (Lipinski definition) is 1. The van der Waals surface area contributed by atoms with Crippen molar-refractivity contribution in [1.82, 2.24) is 14.8 Å². The van der Waals surface area contributed by atoms with Gasteiger partial charge in [0.05, 0.1) is 26.4 Å². The summed E-state index contributed by atoms with van der Waals surface area (Å²) in [5, 5.41) is 3.13. The van der Waals surface area contributed by atoms with Gasteiger partial charge in [0, 0.05) is 43.3 Å². The standard InChI is InChI=1S/C24H27N3O3/c1-29-22-9-7-19(8-10-22)23(27-13-15-30-16-14-27)18-25-24(28)20-5-4-6-21(17-20)26-11-2-3-12-26/h2-12,17,23H,13-16,18H2,1H3,(H,25,28)/t23-/m1/s1. The fraction of sp³-hybridized carbons (Fsp3) is 0.292. The van der Waals surface area contributed by atoms with Crippen molar-refractivity contribution in [2.24, 2.45) is 0 Å². The van der Waals surface area contributed by atoms with E-state index in [0.29, 0.717) is 25.3 Å². The second-order valence-electron chi connectivity index (χ2n) is 7.29. The van der Waals surface area contributed by atoms with Gasteiger partial charge in [-0.1, -0.05) is 18.2 Å². The summed E-state index contributed by atoms with van der Waals surface area (Å²) in [6, 6.07) is 19.7. The molecule has 0 spiro atoms. The minimum atomic E-state index is -0.0734. The molecular formula is C24H27N3O3. The number of nitrogens with zero attached hydrogens (tertiary/aromatic N) is 2. The van der Waals surface area contributed by atoms with E-state index < -0.39 is 0 Å². The number of benzene rings is 2. The van der Waals surface area contributed by atoms with Crippen LogP contribution in [0, 0.1) is 0 Å². The first-order valence-corrected chi connectivity index (χ1v) is 10.2. The van der Waals surface area contributed by atoms with Gasteiger partial charge in [-0.15, -0.1) is 0 Å². The van der Waals surface area contributed by atoms with Crippen molar-refractivity contribution in [3.05, 3.63) is 84.2 Å². The first-order valence-electron chi connectivity index (χ1n) is 10.2. The van der Waals surface area contributed by atoms with Gasteiger partial charge < -0.3 is 19.4 Å². The van der Waals surface area contributed by atoms with Gasteiger partial charge in [0.2, 0.25) is 0 Å². The van der Waals surface area contributed by atoms with Gasteiger partial charge in [-0.2, -0.15) is 0 Å². The van der Waals surface area contributed by atoms with Crippen LogP contribution in [-0.4, -0.2) is 55.3 Å². The molecule has 6 nitrogen and oxygen atoms in total. The molecule has 0 saturated carbocycles. The summed E-state index contributed by atoms with van der Waals surface area (Å²) in [5.74, 6) is 0.751. The summed E-state index contributed by atoms with van der Waals surface area (Å²) in [5.41, 5.74) is 2.77. The molecule has 0 radical (unpaired) electrons. The lowest BCUT2D eigenvalue weighted by atomic mass is 10.0. The number of nitrogens with one attached hydrogen (secondary N) is 1.